The lowest BCUT2D eigenvalue weighted by molar-refractivity contribution is -0.477. The summed E-state index contributed by atoms with van der Waals surface area (Å²) in [6.45, 7) is 0. The van der Waals surface area contributed by atoms with Gasteiger partial charge in [0.15, 0.2) is 0 Å². The first-order valence-corrected chi connectivity index (χ1v) is 8.15. The van der Waals surface area contributed by atoms with Crippen LogP contribution in [0.25, 0.3) is 0 Å². The Labute approximate surface area is 131 Å². The Morgan fingerprint density at radius 2 is 0.913 bits per heavy atom. The predicted molar refractivity (Wildman–Crippen MR) is 70.8 cm³/mol. The monoisotopic (exact) mass is 348 g/mol. The maximum Gasteiger partial charge on any atom is 0.462 e. The molecule has 0 aliphatic heterocycles. The molecule has 2 rings (SSSR count). The molecule has 136 valence electrons. The molecule has 0 spiro atoms. The molecule has 0 N–H and O–H groups in total. The van der Waals surface area contributed by atoms with E-state index in [1.54, 1.807) is 0 Å². The number of rotatable bonds is 5. The third kappa shape index (κ3) is 4.32. The van der Waals surface area contributed by atoms with Crippen molar-refractivity contribution in [2.45, 2.75) is 94.6 Å². The summed E-state index contributed by atoms with van der Waals surface area (Å²) in [5.41, 5.74) is 0. The summed E-state index contributed by atoms with van der Waals surface area (Å²) < 4.78 is 89.5. The summed E-state index contributed by atoms with van der Waals surface area (Å²) in [5, 5.41) is 0. The molecule has 0 saturated heterocycles. The van der Waals surface area contributed by atoms with Gasteiger partial charge in [-0.1, -0.05) is 38.5 Å². The van der Waals surface area contributed by atoms with Crippen LogP contribution in [0.4, 0.5) is 26.3 Å². The third-order valence-corrected chi connectivity index (χ3v) is 4.47. The minimum atomic E-state index is -6.08. The molecule has 2 aliphatic rings. The third-order valence-electron chi connectivity index (χ3n) is 4.47. The number of hydrogen-bond acceptors (Lipinski definition) is 2. The highest BCUT2D eigenvalue weighted by Crippen LogP contribution is 2.49. The van der Waals surface area contributed by atoms with Crippen molar-refractivity contribution >= 4 is 0 Å². The van der Waals surface area contributed by atoms with Crippen molar-refractivity contribution in [2.24, 2.45) is 0 Å². The van der Waals surface area contributed by atoms with Gasteiger partial charge in [-0.25, -0.2) is 0 Å². The van der Waals surface area contributed by atoms with E-state index in [0.717, 1.165) is 12.8 Å². The van der Waals surface area contributed by atoms with Gasteiger partial charge in [0, 0.05) is 0 Å². The topological polar surface area (TPSA) is 18.5 Å². The van der Waals surface area contributed by atoms with Crippen LogP contribution >= 0.6 is 0 Å². The number of halogens is 6. The van der Waals surface area contributed by atoms with Crippen molar-refractivity contribution in [1.29, 1.82) is 0 Å². The Morgan fingerprint density at radius 1 is 0.565 bits per heavy atom. The average Bonchev–Trinajstić information content (AvgIpc) is 2.48. The molecule has 0 atom stereocenters. The molecular formula is C15H22F6O2. The fourth-order valence-corrected chi connectivity index (χ4v) is 3.14. The molecule has 0 unspecified atom stereocenters. The molecule has 0 heterocycles. The molecule has 23 heavy (non-hydrogen) atoms. The molecule has 8 heteroatoms. The van der Waals surface area contributed by atoms with Gasteiger partial charge in [0.2, 0.25) is 0 Å². The van der Waals surface area contributed by atoms with Gasteiger partial charge in [-0.15, -0.1) is 0 Å². The molecule has 2 aliphatic carbocycles. The van der Waals surface area contributed by atoms with Crippen LogP contribution in [0, 0.1) is 0 Å². The average molecular weight is 348 g/mol. The maximum atomic E-state index is 14.7. The summed E-state index contributed by atoms with van der Waals surface area (Å²) in [6.07, 6.45) is -2.90. The standard InChI is InChI=1S/C15H22F6O2/c16-13(17,14(18,19)20)15(21,22-11-7-3-1-4-8-11)23-12-9-5-2-6-10-12/h11-12H,1-10H2. The zero-order valence-corrected chi connectivity index (χ0v) is 12.8. The first kappa shape index (κ1) is 18.8. The molecule has 0 radical (unpaired) electrons. The van der Waals surface area contributed by atoms with Crippen LogP contribution in [0.2, 0.25) is 0 Å². The van der Waals surface area contributed by atoms with Crippen LogP contribution in [0.1, 0.15) is 64.2 Å². The van der Waals surface area contributed by atoms with Gasteiger partial charge in [-0.2, -0.15) is 26.3 Å². The van der Waals surface area contributed by atoms with E-state index in [1.165, 1.54) is 0 Å². The van der Waals surface area contributed by atoms with Crippen molar-refractivity contribution in [2.75, 3.05) is 0 Å². The van der Waals surface area contributed by atoms with E-state index in [2.05, 4.69) is 9.47 Å². The number of alkyl halides is 6. The molecule has 0 aromatic carbocycles. The second-order valence-electron chi connectivity index (χ2n) is 6.36. The SMILES string of the molecule is FC(F)(F)C(F)(F)C(F)(OC1CCCCC1)OC1CCCCC1. The highest BCUT2D eigenvalue weighted by atomic mass is 19.4. The zero-order chi connectivity index (χ0) is 17.1. The lowest BCUT2D eigenvalue weighted by Gasteiger charge is -2.39. The van der Waals surface area contributed by atoms with Gasteiger partial charge < -0.3 is 9.47 Å². The maximum absolute atomic E-state index is 14.7. The summed E-state index contributed by atoms with van der Waals surface area (Å²) in [4.78, 5) is 0. The van der Waals surface area contributed by atoms with Gasteiger partial charge in [0.05, 0.1) is 12.2 Å². The van der Waals surface area contributed by atoms with E-state index in [1.807, 2.05) is 0 Å². The van der Waals surface area contributed by atoms with Crippen molar-refractivity contribution in [3.63, 3.8) is 0 Å². The van der Waals surface area contributed by atoms with Crippen molar-refractivity contribution in [1.82, 2.24) is 0 Å². The summed E-state index contributed by atoms with van der Waals surface area (Å²) >= 11 is 0. The summed E-state index contributed by atoms with van der Waals surface area (Å²) in [5.74, 6) is -5.71. The van der Waals surface area contributed by atoms with Crippen LogP contribution in [-0.2, 0) is 9.47 Å². The summed E-state index contributed by atoms with van der Waals surface area (Å²) in [6, 6.07) is -4.46. The summed E-state index contributed by atoms with van der Waals surface area (Å²) in [7, 11) is 0. The van der Waals surface area contributed by atoms with Gasteiger partial charge in [-0.3, -0.25) is 0 Å². The van der Waals surface area contributed by atoms with Gasteiger partial charge in [0.1, 0.15) is 0 Å². The lowest BCUT2D eigenvalue weighted by Crippen LogP contribution is -2.60. The normalized spacial score (nSPS) is 23.2. The van der Waals surface area contributed by atoms with E-state index < -0.39 is 30.3 Å². The van der Waals surface area contributed by atoms with E-state index in [9.17, 15) is 26.3 Å². The van der Waals surface area contributed by atoms with Crippen molar-refractivity contribution < 1.29 is 35.8 Å². The number of hydrogen-bond donors (Lipinski definition) is 0. The molecule has 2 fully saturated rings. The largest absolute Gasteiger partial charge is 0.462 e. The second kappa shape index (κ2) is 7.17. The van der Waals surface area contributed by atoms with Crippen molar-refractivity contribution in [3.05, 3.63) is 0 Å². The zero-order valence-electron chi connectivity index (χ0n) is 12.8. The fraction of sp³-hybridized carbons (Fsp3) is 1.00. The van der Waals surface area contributed by atoms with E-state index in [0.29, 0.717) is 25.7 Å². The minimum absolute atomic E-state index is 0.258. The molecule has 0 bridgehead atoms. The van der Waals surface area contributed by atoms with Crippen LogP contribution in [0.3, 0.4) is 0 Å². The number of ether oxygens (including phenoxy) is 2. The highest BCUT2D eigenvalue weighted by Gasteiger charge is 2.75. The molecule has 0 amide bonds. The van der Waals surface area contributed by atoms with Crippen LogP contribution in [0.5, 0.6) is 0 Å². The van der Waals surface area contributed by atoms with Gasteiger partial charge >= 0.3 is 18.1 Å². The minimum Gasteiger partial charge on any atom is -0.316 e. The molecule has 0 aromatic heterocycles. The molecular weight excluding hydrogens is 326 g/mol. The van der Waals surface area contributed by atoms with E-state index in [4.69, 9.17) is 0 Å². The van der Waals surface area contributed by atoms with E-state index >= 15 is 0 Å². The van der Waals surface area contributed by atoms with Crippen LogP contribution in [0.15, 0.2) is 0 Å². The second-order valence-corrected chi connectivity index (χ2v) is 6.36. The highest BCUT2D eigenvalue weighted by molar-refractivity contribution is 4.88. The molecule has 2 saturated carbocycles. The Kier molecular flexibility index (Phi) is 5.87. The predicted octanol–water partition coefficient (Wildman–Crippen LogP) is 5.51. The van der Waals surface area contributed by atoms with Gasteiger partial charge in [-0.05, 0) is 25.7 Å². The molecule has 0 aromatic rings. The Bertz CT molecular complexity index is 353. The van der Waals surface area contributed by atoms with Gasteiger partial charge in [0.25, 0.3) is 0 Å². The Morgan fingerprint density at radius 3 is 1.22 bits per heavy atom. The first-order valence-electron chi connectivity index (χ1n) is 8.15. The smallest absolute Gasteiger partial charge is 0.316 e. The Balaban J connectivity index is 2.17. The lowest BCUT2D eigenvalue weighted by atomic mass is 9.97. The van der Waals surface area contributed by atoms with Crippen LogP contribution in [-0.4, -0.2) is 30.3 Å². The Hall–Kier alpha value is -0.500. The quantitative estimate of drug-likeness (QED) is 0.482. The van der Waals surface area contributed by atoms with Crippen LogP contribution < -0.4 is 0 Å². The van der Waals surface area contributed by atoms with Crippen molar-refractivity contribution in [3.8, 4) is 0 Å². The first-order chi connectivity index (χ1) is 10.7. The fourth-order valence-electron chi connectivity index (χ4n) is 3.14. The van der Waals surface area contributed by atoms with E-state index in [-0.39, 0.29) is 25.7 Å². The molecule has 2 nitrogen and oxygen atoms in total.